The van der Waals surface area contributed by atoms with Gasteiger partial charge in [0.1, 0.15) is 19.3 Å². The van der Waals surface area contributed by atoms with Crippen molar-refractivity contribution in [1.29, 1.82) is 0 Å². The maximum absolute atomic E-state index is 13.1. The van der Waals surface area contributed by atoms with Gasteiger partial charge in [0.2, 0.25) is 0 Å². The highest BCUT2D eigenvalue weighted by Crippen LogP contribution is 2.45. The molecule has 0 aromatic heterocycles. The number of ether oxygens (including phenoxy) is 4. The summed E-state index contributed by atoms with van der Waals surface area (Å²) >= 11 is 0. The third-order valence-electron chi connectivity index (χ3n) is 18.1. The first kappa shape index (κ1) is 93.1. The van der Waals surface area contributed by atoms with Gasteiger partial charge >= 0.3 is 39.5 Å². The molecule has 19 heteroatoms. The minimum atomic E-state index is -4.96. The highest BCUT2D eigenvalue weighted by Gasteiger charge is 2.30. The fourth-order valence-corrected chi connectivity index (χ4v) is 13.2. The van der Waals surface area contributed by atoms with E-state index in [0.717, 1.165) is 108 Å². The zero-order valence-corrected chi connectivity index (χ0v) is 63.8. The predicted molar refractivity (Wildman–Crippen MR) is 386 cm³/mol. The van der Waals surface area contributed by atoms with Crippen LogP contribution in [0.5, 0.6) is 0 Å². The van der Waals surface area contributed by atoms with E-state index in [9.17, 15) is 43.2 Å². The van der Waals surface area contributed by atoms with E-state index >= 15 is 0 Å². The summed E-state index contributed by atoms with van der Waals surface area (Å²) in [6, 6.07) is 0. The molecule has 0 rings (SSSR count). The maximum Gasteiger partial charge on any atom is 0.472 e. The molecule has 0 fully saturated rings. The summed E-state index contributed by atoms with van der Waals surface area (Å²) in [4.78, 5) is 72.7. The van der Waals surface area contributed by atoms with Crippen molar-refractivity contribution >= 4 is 39.5 Å². The van der Waals surface area contributed by atoms with Crippen molar-refractivity contribution < 1.29 is 80.2 Å². The van der Waals surface area contributed by atoms with E-state index in [1.807, 2.05) is 0 Å². The van der Waals surface area contributed by atoms with E-state index in [1.165, 1.54) is 205 Å². The molecule has 0 bridgehead atoms. The molecule has 0 spiro atoms. The summed E-state index contributed by atoms with van der Waals surface area (Å²) in [5.41, 5.74) is 0. The number of rotatable bonds is 75. The van der Waals surface area contributed by atoms with Crippen LogP contribution in [-0.4, -0.2) is 96.7 Å². The second-order valence-electron chi connectivity index (χ2n) is 28.1. The van der Waals surface area contributed by atoms with Crippen LogP contribution in [0.15, 0.2) is 0 Å². The van der Waals surface area contributed by atoms with Gasteiger partial charge in [0.05, 0.1) is 26.4 Å². The van der Waals surface area contributed by atoms with E-state index < -0.39 is 97.5 Å². The van der Waals surface area contributed by atoms with Crippen molar-refractivity contribution in [1.82, 2.24) is 0 Å². The summed E-state index contributed by atoms with van der Waals surface area (Å²) in [5, 5.41) is 10.6. The van der Waals surface area contributed by atoms with Crippen molar-refractivity contribution in [2.75, 3.05) is 39.6 Å². The van der Waals surface area contributed by atoms with Gasteiger partial charge in [0.15, 0.2) is 12.2 Å². The van der Waals surface area contributed by atoms with Gasteiger partial charge in [-0.3, -0.25) is 37.3 Å². The molecule has 0 saturated carbocycles. The van der Waals surface area contributed by atoms with Gasteiger partial charge in [-0.15, -0.1) is 0 Å². The number of phosphoric acid groups is 2. The number of aliphatic hydroxyl groups is 1. The van der Waals surface area contributed by atoms with Gasteiger partial charge in [-0.05, 0) is 37.5 Å². The van der Waals surface area contributed by atoms with Gasteiger partial charge in [-0.2, -0.15) is 0 Å². The molecule has 0 heterocycles. The average molecular weight is 1400 g/mol. The van der Waals surface area contributed by atoms with Gasteiger partial charge in [0, 0.05) is 25.7 Å². The summed E-state index contributed by atoms with van der Waals surface area (Å²) in [5.74, 6) is -0.488. The van der Waals surface area contributed by atoms with Crippen LogP contribution in [0.2, 0.25) is 0 Å². The van der Waals surface area contributed by atoms with E-state index in [0.29, 0.717) is 25.7 Å². The fraction of sp³-hybridized carbons (Fsp3) is 0.947. The normalized spacial score (nSPS) is 14.3. The Balaban J connectivity index is 5.22. The van der Waals surface area contributed by atoms with Crippen LogP contribution in [0.4, 0.5) is 0 Å². The van der Waals surface area contributed by atoms with Crippen LogP contribution in [0.1, 0.15) is 395 Å². The first-order chi connectivity index (χ1) is 45.9. The molecular weight excluding hydrogens is 1250 g/mol. The number of esters is 4. The molecule has 0 radical (unpaired) electrons. The van der Waals surface area contributed by atoms with Crippen molar-refractivity contribution in [3.8, 4) is 0 Å². The largest absolute Gasteiger partial charge is 0.472 e. The summed E-state index contributed by atoms with van der Waals surface area (Å²) in [6.07, 6.45) is 55.4. The maximum atomic E-state index is 13.1. The Morgan fingerprint density at radius 3 is 0.800 bits per heavy atom. The minimum absolute atomic E-state index is 0.108. The van der Waals surface area contributed by atoms with Crippen LogP contribution >= 0.6 is 15.6 Å². The van der Waals surface area contributed by atoms with E-state index in [4.69, 9.17) is 37.0 Å². The second-order valence-corrected chi connectivity index (χ2v) is 31.0. The van der Waals surface area contributed by atoms with Gasteiger partial charge < -0.3 is 33.8 Å². The molecule has 0 aromatic carbocycles. The smallest absolute Gasteiger partial charge is 0.462 e. The van der Waals surface area contributed by atoms with Gasteiger partial charge in [-0.1, -0.05) is 343 Å². The van der Waals surface area contributed by atoms with E-state index in [2.05, 4.69) is 41.5 Å². The summed E-state index contributed by atoms with van der Waals surface area (Å²) in [7, 11) is -9.91. The Labute approximate surface area is 581 Å². The van der Waals surface area contributed by atoms with Crippen LogP contribution in [0.3, 0.4) is 0 Å². The fourth-order valence-electron chi connectivity index (χ4n) is 11.6. The molecule has 564 valence electrons. The monoisotopic (exact) mass is 1400 g/mol. The zero-order valence-electron chi connectivity index (χ0n) is 62.0. The molecule has 17 nitrogen and oxygen atoms in total. The number of hydrogen-bond acceptors (Lipinski definition) is 15. The van der Waals surface area contributed by atoms with Crippen molar-refractivity contribution in [3.63, 3.8) is 0 Å². The van der Waals surface area contributed by atoms with Crippen molar-refractivity contribution in [2.45, 2.75) is 413 Å². The zero-order chi connectivity index (χ0) is 70.0. The third-order valence-corrected chi connectivity index (χ3v) is 20.0. The van der Waals surface area contributed by atoms with E-state index in [-0.39, 0.29) is 25.7 Å². The molecular formula is C76H148O17P2. The standard InChI is InChI=1S/C76H148O17P2/c1-7-10-12-14-16-18-19-20-24-31-36-42-48-54-60-75(80)92-71(64-86-73(78)58-52-46-40-17-15-13-11-8-2)66-90-94(82,83)88-62-70(77)63-89-95(84,85)91-67-72(65-87-74(79)59-53-47-41-35-30-27-26-28-33-38-44-50-56-68(4)5)93-76(81)61-55-49-43-37-32-25-22-21-23-29-34-39-45-51-57-69(6)9-3/h68-72,77H,7-67H2,1-6H3,(H,82,83)(H,84,85)/t69?,70-,71+,72+/m0/s1. The highest BCUT2D eigenvalue weighted by atomic mass is 31.2. The first-order valence-electron chi connectivity index (χ1n) is 39.5. The Bertz CT molecular complexity index is 1840. The number of unbranched alkanes of at least 4 members (excludes halogenated alkanes) is 44. The number of aliphatic hydroxyl groups excluding tert-OH is 1. The molecule has 0 saturated heterocycles. The Morgan fingerprint density at radius 2 is 0.537 bits per heavy atom. The van der Waals surface area contributed by atoms with Crippen LogP contribution in [0.25, 0.3) is 0 Å². The molecule has 95 heavy (non-hydrogen) atoms. The van der Waals surface area contributed by atoms with Gasteiger partial charge in [0.25, 0.3) is 0 Å². The second kappa shape index (κ2) is 67.9. The molecule has 6 atom stereocenters. The molecule has 0 aliphatic carbocycles. The van der Waals surface area contributed by atoms with Crippen molar-refractivity contribution in [2.24, 2.45) is 11.8 Å². The third kappa shape index (κ3) is 69.0. The number of carbonyl (C=O) groups is 4. The predicted octanol–water partition coefficient (Wildman–Crippen LogP) is 22.3. The molecule has 3 unspecified atom stereocenters. The Hall–Kier alpha value is -1.94. The topological polar surface area (TPSA) is 237 Å². The number of phosphoric ester groups is 2. The minimum Gasteiger partial charge on any atom is -0.462 e. The molecule has 3 N–H and O–H groups in total. The SMILES string of the molecule is CCCCCCCCCCCCCCCCC(=O)O[C@H](COC(=O)CCCCCCCCCC)COP(=O)(O)OC[C@H](O)COP(=O)(O)OC[C@@H](COC(=O)CCCCCCCCCCCCCCC(C)C)OC(=O)CCCCCCCCCCCCCCCCC(C)CC. The molecule has 0 amide bonds. The highest BCUT2D eigenvalue weighted by molar-refractivity contribution is 7.47. The van der Waals surface area contributed by atoms with Crippen LogP contribution in [0, 0.1) is 11.8 Å². The lowest BCUT2D eigenvalue weighted by Crippen LogP contribution is -2.30. The Morgan fingerprint density at radius 1 is 0.305 bits per heavy atom. The first-order valence-corrected chi connectivity index (χ1v) is 42.5. The molecule has 0 aromatic rings. The average Bonchev–Trinajstić information content (AvgIpc) is 1.83. The van der Waals surface area contributed by atoms with Crippen LogP contribution in [-0.2, 0) is 65.4 Å². The van der Waals surface area contributed by atoms with Crippen molar-refractivity contribution in [3.05, 3.63) is 0 Å². The lowest BCUT2D eigenvalue weighted by Gasteiger charge is -2.21. The lowest BCUT2D eigenvalue weighted by molar-refractivity contribution is -0.161. The molecule has 0 aliphatic heterocycles. The lowest BCUT2D eigenvalue weighted by atomic mass is 9.99. The van der Waals surface area contributed by atoms with E-state index in [1.54, 1.807) is 0 Å². The number of hydrogen-bond donors (Lipinski definition) is 3. The summed E-state index contributed by atoms with van der Waals surface area (Å²) in [6.45, 7) is 9.64. The van der Waals surface area contributed by atoms with Gasteiger partial charge in [-0.25, -0.2) is 9.13 Å². The Kier molecular flexibility index (Phi) is 66.5. The molecule has 0 aliphatic rings. The number of carbonyl (C=O) groups excluding carboxylic acids is 4. The van der Waals surface area contributed by atoms with Crippen LogP contribution < -0.4 is 0 Å². The summed E-state index contributed by atoms with van der Waals surface area (Å²) < 4.78 is 68.5. The quantitative estimate of drug-likeness (QED) is 0.0222.